The largest absolute Gasteiger partial charge is 0.387 e. The Balaban J connectivity index is 1.38. The first-order chi connectivity index (χ1) is 15.5. The molecule has 3 heterocycles. The molecule has 0 spiro atoms. The number of thioether (sulfide) groups is 1. The Morgan fingerprint density at radius 2 is 2.03 bits per heavy atom. The van der Waals surface area contributed by atoms with Crippen molar-refractivity contribution in [3.63, 3.8) is 0 Å². The van der Waals surface area contributed by atoms with Gasteiger partial charge in [-0.05, 0) is 31.9 Å². The molecule has 3 aliphatic rings. The fraction of sp³-hybridized carbons (Fsp3) is 0.545. The van der Waals surface area contributed by atoms with Gasteiger partial charge in [-0.2, -0.15) is 0 Å². The average molecular weight is 462 g/mol. The van der Waals surface area contributed by atoms with E-state index in [1.165, 1.54) is 30.7 Å². The number of benzene rings is 1. The normalized spacial score (nSPS) is 30.1. The standard InChI is InChI=1S/C22H28FN5O3S/c1-12-25-20(27-13-6-2-3-7-13)17-21(26-12)28(11-24-17)22-19(30)18(29)15(31-22)10-32-16-9-5-4-8-14(16)23/h4-5,8-9,11-13,15,18-19,22,25,27,29-30H,2-3,6-7,10H2,1H3/t12?,15-,18-,19-,22?/m1/s1. The lowest BCUT2D eigenvalue weighted by atomic mass is 10.1. The van der Waals surface area contributed by atoms with E-state index in [1.54, 1.807) is 29.1 Å². The Labute approximate surface area is 189 Å². The van der Waals surface area contributed by atoms with E-state index < -0.39 is 24.5 Å². The maximum Gasteiger partial charge on any atom is 0.165 e. The van der Waals surface area contributed by atoms with Gasteiger partial charge in [-0.25, -0.2) is 14.4 Å². The highest BCUT2D eigenvalue weighted by Crippen LogP contribution is 2.32. The zero-order chi connectivity index (χ0) is 22.2. The van der Waals surface area contributed by atoms with Crippen molar-refractivity contribution < 1.29 is 19.3 Å². The van der Waals surface area contributed by atoms with Crippen LogP contribution < -0.4 is 21.5 Å². The molecule has 2 aromatic rings. The monoisotopic (exact) mass is 461 g/mol. The van der Waals surface area contributed by atoms with E-state index >= 15 is 0 Å². The average Bonchev–Trinajstić information content (AvgIpc) is 3.49. The number of hydrogen-bond acceptors (Lipinski definition) is 8. The molecule has 32 heavy (non-hydrogen) atoms. The van der Waals surface area contributed by atoms with Gasteiger partial charge in [0.2, 0.25) is 0 Å². The number of rotatable bonds is 6. The van der Waals surface area contributed by atoms with E-state index in [4.69, 9.17) is 4.74 Å². The summed E-state index contributed by atoms with van der Waals surface area (Å²) < 4.78 is 21.6. The predicted molar refractivity (Wildman–Crippen MR) is 117 cm³/mol. The van der Waals surface area contributed by atoms with Crippen molar-refractivity contribution in [1.82, 2.24) is 20.2 Å². The van der Waals surface area contributed by atoms with Crippen molar-refractivity contribution in [2.45, 2.75) is 74.2 Å². The van der Waals surface area contributed by atoms with E-state index in [-0.39, 0.29) is 12.0 Å². The van der Waals surface area contributed by atoms with E-state index in [2.05, 4.69) is 20.6 Å². The molecule has 2 aliphatic heterocycles. The SMILES string of the molecule is CC1N=c2c(ncn2C2O[C@H](CSc3ccccc3F)[C@@H](O)[C@H]2O)=C(NC2CCCC2)N1. The van der Waals surface area contributed by atoms with Crippen molar-refractivity contribution in [3.8, 4) is 0 Å². The highest BCUT2D eigenvalue weighted by Gasteiger charge is 2.44. The predicted octanol–water partition coefficient (Wildman–Crippen LogP) is 0.600. The first-order valence-corrected chi connectivity index (χ1v) is 12.1. The first-order valence-electron chi connectivity index (χ1n) is 11.1. The molecular formula is C22H28FN5O3S. The van der Waals surface area contributed by atoms with Crippen molar-refractivity contribution >= 4 is 17.6 Å². The molecule has 1 aliphatic carbocycles. The van der Waals surface area contributed by atoms with Crippen molar-refractivity contribution in [1.29, 1.82) is 0 Å². The fourth-order valence-corrected chi connectivity index (χ4v) is 5.55. The summed E-state index contributed by atoms with van der Waals surface area (Å²) in [6, 6.07) is 6.89. The molecular weight excluding hydrogens is 433 g/mol. The summed E-state index contributed by atoms with van der Waals surface area (Å²) >= 11 is 1.25. The van der Waals surface area contributed by atoms with E-state index in [0.717, 1.165) is 18.7 Å². The Kier molecular flexibility index (Phi) is 6.11. The molecule has 0 amide bonds. The number of aliphatic hydroxyl groups excluding tert-OH is 2. The first kappa shape index (κ1) is 21.7. The van der Waals surface area contributed by atoms with Crippen LogP contribution in [0.2, 0.25) is 0 Å². The van der Waals surface area contributed by atoms with Gasteiger partial charge in [0.25, 0.3) is 0 Å². The smallest absolute Gasteiger partial charge is 0.165 e. The number of hydrogen-bond donors (Lipinski definition) is 4. The third-order valence-electron chi connectivity index (χ3n) is 6.23. The molecule has 4 N–H and O–H groups in total. The number of nitrogens with zero attached hydrogens (tertiary/aromatic N) is 3. The second-order valence-electron chi connectivity index (χ2n) is 8.56. The third-order valence-corrected chi connectivity index (χ3v) is 7.37. The molecule has 1 saturated heterocycles. The van der Waals surface area contributed by atoms with Crippen molar-refractivity contribution in [3.05, 3.63) is 47.2 Å². The molecule has 10 heteroatoms. The molecule has 8 nitrogen and oxygen atoms in total. The highest BCUT2D eigenvalue weighted by molar-refractivity contribution is 7.99. The van der Waals surface area contributed by atoms with Crippen LogP contribution in [0, 0.1) is 5.82 Å². The summed E-state index contributed by atoms with van der Waals surface area (Å²) in [6.45, 7) is 1.95. The molecule has 1 saturated carbocycles. The molecule has 2 fully saturated rings. The lowest BCUT2D eigenvalue weighted by Crippen LogP contribution is -2.51. The summed E-state index contributed by atoms with van der Waals surface area (Å²) in [5.74, 6) is 0.833. The van der Waals surface area contributed by atoms with Crippen LogP contribution in [-0.2, 0) is 4.74 Å². The lowest BCUT2D eigenvalue weighted by molar-refractivity contribution is -0.0335. The molecule has 5 atom stereocenters. The number of ether oxygens (including phenoxy) is 1. The number of imidazole rings is 1. The van der Waals surface area contributed by atoms with Gasteiger partial charge in [-0.3, -0.25) is 4.57 Å². The van der Waals surface area contributed by atoms with Crippen LogP contribution in [-0.4, -0.2) is 56.0 Å². The quantitative estimate of drug-likeness (QED) is 0.467. The highest BCUT2D eigenvalue weighted by atomic mass is 32.2. The lowest BCUT2D eigenvalue weighted by Gasteiger charge is -2.23. The number of aromatic nitrogens is 2. The van der Waals surface area contributed by atoms with Gasteiger partial charge in [-0.1, -0.05) is 25.0 Å². The van der Waals surface area contributed by atoms with Crippen molar-refractivity contribution in [2.24, 2.45) is 4.99 Å². The number of aliphatic hydroxyl groups is 2. The van der Waals surface area contributed by atoms with Gasteiger partial charge in [0, 0.05) is 16.7 Å². The zero-order valence-corrected chi connectivity index (χ0v) is 18.6. The minimum absolute atomic E-state index is 0.169. The third kappa shape index (κ3) is 4.12. The van der Waals surface area contributed by atoms with E-state index in [1.807, 2.05) is 6.92 Å². The van der Waals surface area contributed by atoms with Gasteiger partial charge in [0.05, 0.1) is 12.4 Å². The number of nitrogens with one attached hydrogen (secondary N) is 2. The van der Waals surface area contributed by atoms with Crippen LogP contribution in [0.1, 0.15) is 38.8 Å². The van der Waals surface area contributed by atoms with E-state index in [9.17, 15) is 14.6 Å². The fourth-order valence-electron chi connectivity index (χ4n) is 4.55. The van der Waals surface area contributed by atoms with Gasteiger partial charge >= 0.3 is 0 Å². The van der Waals surface area contributed by atoms with Gasteiger partial charge < -0.3 is 25.6 Å². The Morgan fingerprint density at radius 1 is 1.25 bits per heavy atom. The summed E-state index contributed by atoms with van der Waals surface area (Å²) in [6.07, 6.45) is 2.40. The minimum Gasteiger partial charge on any atom is -0.387 e. The maximum absolute atomic E-state index is 13.9. The van der Waals surface area contributed by atoms with Crippen LogP contribution in [0.5, 0.6) is 0 Å². The molecule has 1 aromatic heterocycles. The molecule has 2 unspecified atom stereocenters. The number of halogens is 1. The Morgan fingerprint density at radius 3 is 2.81 bits per heavy atom. The van der Waals surface area contributed by atoms with Crippen LogP contribution in [0.15, 0.2) is 40.5 Å². The molecule has 5 rings (SSSR count). The Bertz CT molecular complexity index is 1090. The molecule has 0 bridgehead atoms. The maximum atomic E-state index is 13.9. The van der Waals surface area contributed by atoms with Crippen molar-refractivity contribution in [2.75, 3.05) is 5.75 Å². The summed E-state index contributed by atoms with van der Waals surface area (Å²) in [5.41, 5.74) is 0.607. The van der Waals surface area contributed by atoms with Crippen LogP contribution in [0.4, 0.5) is 4.39 Å². The summed E-state index contributed by atoms with van der Waals surface area (Å²) in [5, 5.41) is 28.9. The Hall–Kier alpha value is -2.14. The molecule has 172 valence electrons. The molecule has 1 aromatic carbocycles. The van der Waals surface area contributed by atoms with Crippen LogP contribution >= 0.6 is 11.8 Å². The zero-order valence-electron chi connectivity index (χ0n) is 17.8. The second-order valence-corrected chi connectivity index (χ2v) is 9.62. The molecule has 0 radical (unpaired) electrons. The number of fused-ring (bicyclic) bond motifs is 1. The van der Waals surface area contributed by atoms with E-state index in [0.29, 0.717) is 27.5 Å². The summed E-state index contributed by atoms with van der Waals surface area (Å²) in [7, 11) is 0. The minimum atomic E-state index is -1.15. The van der Waals surface area contributed by atoms with Gasteiger partial charge in [-0.15, -0.1) is 11.8 Å². The van der Waals surface area contributed by atoms with Crippen LogP contribution in [0.25, 0.3) is 5.82 Å². The van der Waals surface area contributed by atoms with Gasteiger partial charge in [0.1, 0.15) is 35.4 Å². The van der Waals surface area contributed by atoms with Gasteiger partial charge in [0.15, 0.2) is 11.7 Å². The second kappa shape index (κ2) is 9.01. The summed E-state index contributed by atoms with van der Waals surface area (Å²) in [4.78, 5) is 9.67. The van der Waals surface area contributed by atoms with Crippen LogP contribution in [0.3, 0.4) is 0 Å². The topological polar surface area (TPSA) is 104 Å².